The van der Waals surface area contributed by atoms with Gasteiger partial charge in [-0.1, -0.05) is 45.0 Å². The van der Waals surface area contributed by atoms with Crippen molar-refractivity contribution in [2.75, 3.05) is 6.61 Å². The largest absolute Gasteiger partial charge is 0.373 e. The first-order valence-corrected chi connectivity index (χ1v) is 5.27. The number of hydrogen-bond acceptors (Lipinski definition) is 1. The highest BCUT2D eigenvalue weighted by Gasteiger charge is 2.25. The summed E-state index contributed by atoms with van der Waals surface area (Å²) >= 11 is 0. The van der Waals surface area contributed by atoms with Gasteiger partial charge in [0.05, 0.1) is 12.7 Å². The molecule has 0 aromatic heterocycles. The van der Waals surface area contributed by atoms with Crippen LogP contribution >= 0.6 is 0 Å². The molecule has 1 heterocycles. The van der Waals surface area contributed by atoms with Crippen molar-refractivity contribution in [3.05, 3.63) is 35.4 Å². The summed E-state index contributed by atoms with van der Waals surface area (Å²) in [5.74, 6) is 0. The molecule has 0 N–H and O–H groups in total. The predicted molar refractivity (Wildman–Crippen MR) is 58.6 cm³/mol. The van der Waals surface area contributed by atoms with Gasteiger partial charge in [-0.05, 0) is 16.5 Å². The molecule has 1 heteroatoms. The molecule has 0 aliphatic carbocycles. The van der Waals surface area contributed by atoms with Gasteiger partial charge in [0, 0.05) is 6.42 Å². The molecule has 1 aliphatic rings. The molecular weight excluding hydrogens is 172 g/mol. The molecule has 0 spiro atoms. The van der Waals surface area contributed by atoms with Gasteiger partial charge in [-0.15, -0.1) is 0 Å². The Morgan fingerprint density at radius 2 is 1.93 bits per heavy atom. The first-order valence-electron chi connectivity index (χ1n) is 5.27. The summed E-state index contributed by atoms with van der Waals surface area (Å²) in [5.41, 5.74) is 3.14. The third-order valence-corrected chi connectivity index (χ3v) is 2.68. The average Bonchev–Trinajstić information content (AvgIpc) is 2.87. The molecular formula is C13H18O. The Morgan fingerprint density at radius 1 is 1.29 bits per heavy atom. The van der Waals surface area contributed by atoms with Crippen LogP contribution in [0.4, 0.5) is 0 Å². The third kappa shape index (κ3) is 2.16. The van der Waals surface area contributed by atoms with Gasteiger partial charge in [0.2, 0.25) is 0 Å². The molecule has 1 atom stereocenters. The lowest BCUT2D eigenvalue weighted by Crippen LogP contribution is -2.15. The first kappa shape index (κ1) is 9.72. The predicted octanol–water partition coefficient (Wildman–Crippen LogP) is 2.93. The fourth-order valence-electron chi connectivity index (χ4n) is 1.86. The van der Waals surface area contributed by atoms with Crippen LogP contribution in [-0.2, 0) is 16.6 Å². The molecule has 1 aliphatic heterocycles. The van der Waals surface area contributed by atoms with E-state index >= 15 is 0 Å². The lowest BCUT2D eigenvalue weighted by atomic mass is 9.83. The van der Waals surface area contributed by atoms with Crippen molar-refractivity contribution in [3.8, 4) is 0 Å². The molecule has 1 nitrogen and oxygen atoms in total. The first-order chi connectivity index (χ1) is 6.57. The molecule has 14 heavy (non-hydrogen) atoms. The fourth-order valence-corrected chi connectivity index (χ4v) is 1.86. The highest BCUT2D eigenvalue weighted by atomic mass is 16.6. The van der Waals surface area contributed by atoms with E-state index in [1.54, 1.807) is 0 Å². The monoisotopic (exact) mass is 190 g/mol. The van der Waals surface area contributed by atoms with Crippen molar-refractivity contribution in [2.24, 2.45) is 0 Å². The van der Waals surface area contributed by atoms with Gasteiger partial charge in [0.1, 0.15) is 0 Å². The summed E-state index contributed by atoms with van der Waals surface area (Å²) in [6.45, 7) is 7.73. The van der Waals surface area contributed by atoms with Gasteiger partial charge in [-0.3, -0.25) is 0 Å². The second-order valence-electron chi connectivity index (χ2n) is 5.07. The van der Waals surface area contributed by atoms with Crippen molar-refractivity contribution in [3.63, 3.8) is 0 Å². The van der Waals surface area contributed by atoms with E-state index in [2.05, 4.69) is 45.0 Å². The zero-order valence-corrected chi connectivity index (χ0v) is 9.21. The molecule has 0 radical (unpaired) electrons. The van der Waals surface area contributed by atoms with Crippen LogP contribution in [0.2, 0.25) is 0 Å². The lowest BCUT2D eigenvalue weighted by Gasteiger charge is -2.22. The van der Waals surface area contributed by atoms with E-state index in [-0.39, 0.29) is 5.41 Å². The molecule has 1 saturated heterocycles. The van der Waals surface area contributed by atoms with E-state index in [1.807, 2.05) is 0 Å². The second kappa shape index (κ2) is 3.39. The van der Waals surface area contributed by atoms with Gasteiger partial charge in [0.25, 0.3) is 0 Å². The summed E-state index contributed by atoms with van der Waals surface area (Å²) in [6, 6.07) is 8.70. The zero-order valence-electron chi connectivity index (χ0n) is 9.21. The maximum absolute atomic E-state index is 5.28. The summed E-state index contributed by atoms with van der Waals surface area (Å²) in [4.78, 5) is 0. The van der Waals surface area contributed by atoms with Crippen LogP contribution in [0.3, 0.4) is 0 Å². The quantitative estimate of drug-likeness (QED) is 0.653. The van der Waals surface area contributed by atoms with Crippen molar-refractivity contribution >= 4 is 0 Å². The normalized spacial score (nSPS) is 20.9. The Kier molecular flexibility index (Phi) is 2.36. The minimum Gasteiger partial charge on any atom is -0.373 e. The molecule has 0 saturated carbocycles. The topological polar surface area (TPSA) is 12.5 Å². The van der Waals surface area contributed by atoms with E-state index in [0.717, 1.165) is 13.0 Å². The highest BCUT2D eigenvalue weighted by Crippen LogP contribution is 2.28. The Labute approximate surface area is 86.1 Å². The van der Waals surface area contributed by atoms with Crippen LogP contribution < -0.4 is 0 Å². The number of hydrogen-bond donors (Lipinski definition) is 0. The van der Waals surface area contributed by atoms with Crippen molar-refractivity contribution in [2.45, 2.75) is 38.7 Å². The van der Waals surface area contributed by atoms with Crippen LogP contribution in [0.15, 0.2) is 24.3 Å². The Bertz CT molecular complexity index is 318. The number of epoxide rings is 1. The molecule has 1 unspecified atom stereocenters. The molecule has 1 aromatic rings. The molecule has 1 fully saturated rings. The zero-order chi connectivity index (χ0) is 10.2. The number of ether oxygens (including phenoxy) is 1. The van der Waals surface area contributed by atoms with Crippen molar-refractivity contribution in [1.82, 2.24) is 0 Å². The standard InChI is InChI=1S/C13H18O/c1-13(2,3)12-7-5-4-6-10(12)8-11-9-14-11/h4-7,11H,8-9H2,1-3H3. The Morgan fingerprint density at radius 3 is 2.50 bits per heavy atom. The minimum absolute atomic E-state index is 0.242. The van der Waals surface area contributed by atoms with Crippen LogP contribution in [0.25, 0.3) is 0 Å². The van der Waals surface area contributed by atoms with Gasteiger partial charge in [0.15, 0.2) is 0 Å². The molecule has 1 aromatic carbocycles. The fraction of sp³-hybridized carbons (Fsp3) is 0.538. The second-order valence-corrected chi connectivity index (χ2v) is 5.07. The van der Waals surface area contributed by atoms with Crippen LogP contribution in [0.5, 0.6) is 0 Å². The van der Waals surface area contributed by atoms with E-state index in [0.29, 0.717) is 6.10 Å². The van der Waals surface area contributed by atoms with Crippen LogP contribution in [0, 0.1) is 0 Å². The van der Waals surface area contributed by atoms with Gasteiger partial charge in [-0.2, -0.15) is 0 Å². The number of benzene rings is 1. The summed E-state index contributed by atoms with van der Waals surface area (Å²) in [5, 5.41) is 0. The summed E-state index contributed by atoms with van der Waals surface area (Å²) in [7, 11) is 0. The van der Waals surface area contributed by atoms with Crippen LogP contribution in [-0.4, -0.2) is 12.7 Å². The SMILES string of the molecule is CC(C)(C)c1ccccc1CC1CO1. The number of rotatable bonds is 2. The average molecular weight is 190 g/mol. The molecule has 76 valence electrons. The highest BCUT2D eigenvalue weighted by molar-refractivity contribution is 5.33. The van der Waals surface area contributed by atoms with Gasteiger partial charge < -0.3 is 4.74 Å². The maximum atomic E-state index is 5.28. The van der Waals surface area contributed by atoms with Crippen molar-refractivity contribution < 1.29 is 4.74 Å². The Balaban J connectivity index is 2.27. The lowest BCUT2D eigenvalue weighted by molar-refractivity contribution is 0.406. The van der Waals surface area contributed by atoms with E-state index < -0.39 is 0 Å². The van der Waals surface area contributed by atoms with Crippen molar-refractivity contribution in [1.29, 1.82) is 0 Å². The molecule has 0 bridgehead atoms. The van der Waals surface area contributed by atoms with E-state index in [4.69, 9.17) is 4.74 Å². The maximum Gasteiger partial charge on any atom is 0.0850 e. The molecule has 0 amide bonds. The molecule has 2 rings (SSSR count). The summed E-state index contributed by atoms with van der Waals surface area (Å²) < 4.78 is 5.28. The smallest absolute Gasteiger partial charge is 0.0850 e. The van der Waals surface area contributed by atoms with E-state index in [1.165, 1.54) is 11.1 Å². The van der Waals surface area contributed by atoms with Gasteiger partial charge >= 0.3 is 0 Å². The van der Waals surface area contributed by atoms with Gasteiger partial charge in [-0.25, -0.2) is 0 Å². The van der Waals surface area contributed by atoms with Crippen LogP contribution in [0.1, 0.15) is 31.9 Å². The Hall–Kier alpha value is -0.820. The third-order valence-electron chi connectivity index (χ3n) is 2.68. The van der Waals surface area contributed by atoms with E-state index in [9.17, 15) is 0 Å². The minimum atomic E-state index is 0.242. The summed E-state index contributed by atoms with van der Waals surface area (Å²) in [6.07, 6.45) is 1.56.